The van der Waals surface area contributed by atoms with Crippen molar-refractivity contribution in [1.82, 2.24) is 9.78 Å². The molecule has 2 N–H and O–H groups in total. The first-order valence-corrected chi connectivity index (χ1v) is 5.76. The summed E-state index contributed by atoms with van der Waals surface area (Å²) in [5.41, 5.74) is 7.33. The van der Waals surface area contributed by atoms with E-state index in [4.69, 9.17) is 15.2 Å². The van der Waals surface area contributed by atoms with Crippen LogP contribution in [0.5, 0.6) is 5.75 Å². The lowest BCUT2D eigenvalue weighted by Crippen LogP contribution is -2.06. The van der Waals surface area contributed by atoms with Crippen LogP contribution >= 0.6 is 0 Å². The molecule has 0 atom stereocenters. The van der Waals surface area contributed by atoms with Crippen LogP contribution in [-0.4, -0.2) is 23.5 Å². The van der Waals surface area contributed by atoms with E-state index >= 15 is 0 Å². The van der Waals surface area contributed by atoms with Crippen molar-refractivity contribution in [3.05, 3.63) is 42.2 Å². The maximum atomic E-state index is 5.58. The van der Waals surface area contributed by atoms with Gasteiger partial charge in [-0.1, -0.05) is 12.1 Å². The fourth-order valence-corrected chi connectivity index (χ4v) is 1.61. The van der Waals surface area contributed by atoms with Gasteiger partial charge in [-0.05, 0) is 17.7 Å². The molecule has 0 unspecified atom stereocenters. The van der Waals surface area contributed by atoms with Gasteiger partial charge in [0, 0.05) is 6.20 Å². The predicted molar refractivity (Wildman–Crippen MR) is 69.3 cm³/mol. The Morgan fingerprint density at radius 2 is 2.28 bits per heavy atom. The van der Waals surface area contributed by atoms with Crippen LogP contribution in [0.3, 0.4) is 0 Å². The highest BCUT2D eigenvalue weighted by molar-refractivity contribution is 5.30. The minimum Gasteiger partial charge on any atom is -0.497 e. The quantitative estimate of drug-likeness (QED) is 0.789. The van der Waals surface area contributed by atoms with Gasteiger partial charge >= 0.3 is 0 Å². The van der Waals surface area contributed by atoms with E-state index in [1.807, 2.05) is 24.3 Å². The highest BCUT2D eigenvalue weighted by Gasteiger charge is 1.97. The number of nitrogen functional groups attached to an aromatic ring is 1. The van der Waals surface area contributed by atoms with E-state index in [9.17, 15) is 0 Å². The van der Waals surface area contributed by atoms with Crippen molar-refractivity contribution in [1.29, 1.82) is 0 Å². The molecule has 5 nitrogen and oxygen atoms in total. The largest absolute Gasteiger partial charge is 0.497 e. The van der Waals surface area contributed by atoms with Crippen LogP contribution in [0.25, 0.3) is 0 Å². The summed E-state index contributed by atoms with van der Waals surface area (Å²) in [4.78, 5) is 0. The van der Waals surface area contributed by atoms with Gasteiger partial charge in [0.25, 0.3) is 0 Å². The number of nitrogens with zero attached hydrogens (tertiary/aromatic N) is 2. The van der Waals surface area contributed by atoms with Crippen molar-refractivity contribution >= 4 is 5.69 Å². The number of nitrogens with two attached hydrogens (primary N) is 1. The van der Waals surface area contributed by atoms with E-state index in [0.717, 1.165) is 11.3 Å². The van der Waals surface area contributed by atoms with E-state index in [1.165, 1.54) is 0 Å². The molecular formula is C13H17N3O2. The molecule has 96 valence electrons. The van der Waals surface area contributed by atoms with Crippen molar-refractivity contribution in [3.63, 3.8) is 0 Å². The fraction of sp³-hybridized carbons (Fsp3) is 0.308. The smallest absolute Gasteiger partial charge is 0.119 e. The van der Waals surface area contributed by atoms with Gasteiger partial charge in [0.2, 0.25) is 0 Å². The molecule has 0 aliphatic rings. The van der Waals surface area contributed by atoms with Gasteiger partial charge in [-0.2, -0.15) is 5.10 Å². The first kappa shape index (κ1) is 12.4. The van der Waals surface area contributed by atoms with Crippen LogP contribution in [-0.2, 0) is 17.9 Å². The van der Waals surface area contributed by atoms with E-state index in [-0.39, 0.29) is 0 Å². The van der Waals surface area contributed by atoms with Crippen LogP contribution in [0.15, 0.2) is 36.7 Å². The van der Waals surface area contributed by atoms with Gasteiger partial charge in [-0.25, -0.2) is 0 Å². The van der Waals surface area contributed by atoms with Crippen molar-refractivity contribution < 1.29 is 9.47 Å². The number of rotatable bonds is 6. The first-order chi connectivity index (χ1) is 8.78. The third-order valence-corrected chi connectivity index (χ3v) is 2.52. The van der Waals surface area contributed by atoms with E-state index in [0.29, 0.717) is 25.4 Å². The molecule has 0 saturated heterocycles. The van der Waals surface area contributed by atoms with Gasteiger partial charge in [-0.3, -0.25) is 4.68 Å². The summed E-state index contributed by atoms with van der Waals surface area (Å²) in [5, 5.41) is 4.08. The zero-order valence-corrected chi connectivity index (χ0v) is 10.4. The molecule has 0 fully saturated rings. The Labute approximate surface area is 106 Å². The summed E-state index contributed by atoms with van der Waals surface area (Å²) in [6, 6.07) is 7.84. The maximum Gasteiger partial charge on any atom is 0.119 e. The molecule has 0 radical (unpaired) electrons. The summed E-state index contributed by atoms with van der Waals surface area (Å²) in [7, 11) is 1.65. The normalized spacial score (nSPS) is 10.5. The van der Waals surface area contributed by atoms with Gasteiger partial charge in [0.05, 0.1) is 38.8 Å². The van der Waals surface area contributed by atoms with Crippen LogP contribution < -0.4 is 10.5 Å². The van der Waals surface area contributed by atoms with Crippen LogP contribution in [0, 0.1) is 0 Å². The molecule has 1 aromatic heterocycles. The molecule has 0 aliphatic carbocycles. The molecule has 0 amide bonds. The highest BCUT2D eigenvalue weighted by atomic mass is 16.5. The van der Waals surface area contributed by atoms with Gasteiger partial charge in [0.1, 0.15) is 5.75 Å². The second kappa shape index (κ2) is 6.07. The summed E-state index contributed by atoms with van der Waals surface area (Å²) >= 11 is 0. The van der Waals surface area contributed by atoms with Gasteiger partial charge in [-0.15, -0.1) is 0 Å². The third kappa shape index (κ3) is 3.49. The summed E-state index contributed by atoms with van der Waals surface area (Å²) in [6.45, 7) is 1.85. The second-order valence-electron chi connectivity index (χ2n) is 3.94. The maximum absolute atomic E-state index is 5.58. The molecule has 2 aromatic rings. The summed E-state index contributed by atoms with van der Waals surface area (Å²) in [6.07, 6.45) is 3.41. The third-order valence-electron chi connectivity index (χ3n) is 2.52. The number of ether oxygens (including phenoxy) is 2. The monoisotopic (exact) mass is 247 g/mol. The molecule has 1 aromatic carbocycles. The standard InChI is InChI=1S/C13H17N3O2/c1-17-13-4-2-3-11(7-13)10-18-6-5-16-9-12(14)8-15-16/h2-4,7-9H,5-6,10,14H2,1H3. The lowest BCUT2D eigenvalue weighted by atomic mass is 10.2. The predicted octanol–water partition coefficient (Wildman–Crippen LogP) is 1.69. The molecule has 0 saturated carbocycles. The minimum absolute atomic E-state index is 0.563. The van der Waals surface area contributed by atoms with Crippen molar-refractivity contribution in [2.24, 2.45) is 0 Å². The van der Waals surface area contributed by atoms with Crippen LogP contribution in [0.2, 0.25) is 0 Å². The number of anilines is 1. The topological polar surface area (TPSA) is 62.3 Å². The SMILES string of the molecule is COc1cccc(COCCn2cc(N)cn2)c1. The van der Waals surface area contributed by atoms with Crippen LogP contribution in [0.4, 0.5) is 5.69 Å². The lowest BCUT2D eigenvalue weighted by Gasteiger charge is -2.06. The molecule has 0 bridgehead atoms. The molecular weight excluding hydrogens is 230 g/mol. The zero-order chi connectivity index (χ0) is 12.8. The van der Waals surface area contributed by atoms with Gasteiger partial charge < -0.3 is 15.2 Å². The fourth-order valence-electron chi connectivity index (χ4n) is 1.61. The second-order valence-corrected chi connectivity index (χ2v) is 3.94. The Balaban J connectivity index is 1.74. The number of hydrogen-bond donors (Lipinski definition) is 1. The van der Waals surface area contributed by atoms with Crippen molar-refractivity contribution in [2.75, 3.05) is 19.5 Å². The van der Waals surface area contributed by atoms with Crippen LogP contribution in [0.1, 0.15) is 5.56 Å². The molecule has 5 heteroatoms. The Kier molecular flexibility index (Phi) is 4.20. The minimum atomic E-state index is 0.563. The lowest BCUT2D eigenvalue weighted by molar-refractivity contribution is 0.110. The first-order valence-electron chi connectivity index (χ1n) is 5.76. The Bertz CT molecular complexity index is 496. The van der Waals surface area contributed by atoms with Crippen molar-refractivity contribution in [3.8, 4) is 5.75 Å². The zero-order valence-electron chi connectivity index (χ0n) is 10.4. The molecule has 0 aliphatic heterocycles. The number of aromatic nitrogens is 2. The molecule has 1 heterocycles. The number of hydrogen-bond acceptors (Lipinski definition) is 4. The molecule has 2 rings (SSSR count). The number of benzene rings is 1. The van der Waals surface area contributed by atoms with Crippen molar-refractivity contribution in [2.45, 2.75) is 13.2 Å². The Morgan fingerprint density at radius 3 is 3.00 bits per heavy atom. The van der Waals surface area contributed by atoms with E-state index in [1.54, 1.807) is 24.2 Å². The highest BCUT2D eigenvalue weighted by Crippen LogP contribution is 2.13. The van der Waals surface area contributed by atoms with Gasteiger partial charge in [0.15, 0.2) is 0 Å². The Hall–Kier alpha value is -2.01. The molecule has 0 spiro atoms. The number of methoxy groups -OCH3 is 1. The average Bonchev–Trinajstić information content (AvgIpc) is 2.81. The summed E-state index contributed by atoms with van der Waals surface area (Å²) in [5.74, 6) is 0.843. The average molecular weight is 247 g/mol. The Morgan fingerprint density at radius 1 is 1.39 bits per heavy atom. The summed E-state index contributed by atoms with van der Waals surface area (Å²) < 4.78 is 12.5. The van der Waals surface area contributed by atoms with E-state index < -0.39 is 0 Å². The van der Waals surface area contributed by atoms with E-state index in [2.05, 4.69) is 5.10 Å². The molecule has 18 heavy (non-hydrogen) atoms.